The second kappa shape index (κ2) is 8.77. The molecule has 0 aliphatic carbocycles. The zero-order valence-corrected chi connectivity index (χ0v) is 16.4. The summed E-state index contributed by atoms with van der Waals surface area (Å²) in [5.74, 6) is 0.686. The summed E-state index contributed by atoms with van der Waals surface area (Å²) in [7, 11) is 0. The first-order valence-corrected chi connectivity index (χ1v) is 9.49. The van der Waals surface area contributed by atoms with E-state index < -0.39 is 11.7 Å². The van der Waals surface area contributed by atoms with Crippen molar-refractivity contribution in [3.05, 3.63) is 42.1 Å². The van der Waals surface area contributed by atoms with Gasteiger partial charge in [0, 0.05) is 37.8 Å². The van der Waals surface area contributed by atoms with E-state index in [0.717, 1.165) is 25.2 Å². The van der Waals surface area contributed by atoms with Gasteiger partial charge in [-0.15, -0.1) is 5.10 Å². The van der Waals surface area contributed by atoms with Gasteiger partial charge in [0.05, 0.1) is 18.3 Å². The Morgan fingerprint density at radius 1 is 1.10 bits per heavy atom. The third kappa shape index (κ3) is 5.66. The molecule has 29 heavy (non-hydrogen) atoms. The highest BCUT2D eigenvalue weighted by Gasteiger charge is 2.30. The monoisotopic (exact) mass is 407 g/mol. The van der Waals surface area contributed by atoms with E-state index in [2.05, 4.69) is 25.3 Å². The summed E-state index contributed by atoms with van der Waals surface area (Å²) in [5, 5.41) is 11.1. The predicted octanol–water partition coefficient (Wildman–Crippen LogP) is 2.81. The molecule has 1 aliphatic heterocycles. The van der Waals surface area contributed by atoms with E-state index in [4.69, 9.17) is 0 Å². The summed E-state index contributed by atoms with van der Waals surface area (Å²) in [6.45, 7) is 7.05. The van der Waals surface area contributed by atoms with E-state index in [1.54, 1.807) is 6.20 Å². The summed E-state index contributed by atoms with van der Waals surface area (Å²) < 4.78 is 38.2. The first kappa shape index (κ1) is 21.0. The van der Waals surface area contributed by atoms with Gasteiger partial charge in [-0.25, -0.2) is 0 Å². The number of alkyl halides is 3. The van der Waals surface area contributed by atoms with Crippen LogP contribution >= 0.6 is 0 Å². The maximum absolute atomic E-state index is 12.7. The zero-order chi connectivity index (χ0) is 21.0. The molecule has 1 amide bonds. The first-order valence-electron chi connectivity index (χ1n) is 9.49. The zero-order valence-electron chi connectivity index (χ0n) is 16.4. The molecule has 0 spiro atoms. The van der Waals surface area contributed by atoms with Crippen LogP contribution in [-0.4, -0.2) is 59.8 Å². The number of aromatic nitrogens is 2. The fraction of sp³-hybridized carbons (Fsp3) is 0.450. The normalized spacial score (nSPS) is 15.6. The lowest BCUT2D eigenvalue weighted by atomic mass is 10.1. The molecule has 2 heterocycles. The Bertz CT molecular complexity index is 831. The second-order valence-electron chi connectivity index (χ2n) is 7.36. The molecule has 0 radical (unpaired) electrons. The molecule has 1 saturated heterocycles. The van der Waals surface area contributed by atoms with Gasteiger partial charge in [0.25, 0.3) is 0 Å². The van der Waals surface area contributed by atoms with Crippen LogP contribution in [0.4, 0.5) is 19.0 Å². The molecule has 1 N–H and O–H groups in total. The molecule has 2 aromatic rings. The number of hydrogen-bond donors (Lipinski definition) is 1. The molecule has 1 aromatic heterocycles. The quantitative estimate of drug-likeness (QED) is 0.826. The van der Waals surface area contributed by atoms with E-state index >= 15 is 0 Å². The van der Waals surface area contributed by atoms with Gasteiger partial charge >= 0.3 is 6.18 Å². The molecule has 3 rings (SSSR count). The molecule has 1 fully saturated rings. The Morgan fingerprint density at radius 2 is 1.76 bits per heavy atom. The molecule has 0 atom stereocenters. The fourth-order valence-corrected chi connectivity index (χ4v) is 3.23. The third-order valence-electron chi connectivity index (χ3n) is 4.70. The highest BCUT2D eigenvalue weighted by molar-refractivity contribution is 5.78. The number of carbonyl (C=O) groups excluding carboxylic acids is 1. The number of halogens is 3. The topological polar surface area (TPSA) is 61.4 Å². The maximum Gasteiger partial charge on any atom is 0.416 e. The van der Waals surface area contributed by atoms with Crippen LogP contribution < -0.4 is 10.2 Å². The average Bonchev–Trinajstić information content (AvgIpc) is 2.67. The Labute approximate surface area is 167 Å². The largest absolute Gasteiger partial charge is 0.416 e. The van der Waals surface area contributed by atoms with Gasteiger partial charge < -0.3 is 10.2 Å². The fourth-order valence-electron chi connectivity index (χ4n) is 3.23. The summed E-state index contributed by atoms with van der Waals surface area (Å²) in [6.07, 6.45) is -2.81. The lowest BCUT2D eigenvalue weighted by molar-refractivity contribution is -0.137. The van der Waals surface area contributed by atoms with Gasteiger partial charge in [-0.1, -0.05) is 12.1 Å². The standard InChI is InChI=1S/C20H24F3N5O/c1-14(2)25-19(29)13-27-7-9-28(10-8-27)18-11-16(12-24-26-18)15-3-5-17(6-4-15)20(21,22)23/h3-6,11-12,14H,7-10,13H2,1-2H3,(H,25,29). The Morgan fingerprint density at radius 3 is 2.34 bits per heavy atom. The van der Waals surface area contributed by atoms with Gasteiger partial charge in [-0.05, 0) is 37.6 Å². The Balaban J connectivity index is 1.63. The molecular formula is C20H24F3N5O. The minimum atomic E-state index is -4.36. The highest BCUT2D eigenvalue weighted by atomic mass is 19.4. The minimum Gasteiger partial charge on any atom is -0.353 e. The van der Waals surface area contributed by atoms with Crippen molar-refractivity contribution in [2.24, 2.45) is 0 Å². The number of hydrogen-bond acceptors (Lipinski definition) is 5. The SMILES string of the molecule is CC(C)NC(=O)CN1CCN(c2cc(-c3ccc(C(F)(F)F)cc3)cnn2)CC1. The van der Waals surface area contributed by atoms with Crippen molar-refractivity contribution in [1.82, 2.24) is 20.4 Å². The van der Waals surface area contributed by atoms with Crippen molar-refractivity contribution >= 4 is 11.7 Å². The minimum absolute atomic E-state index is 0.0116. The van der Waals surface area contributed by atoms with E-state index in [0.29, 0.717) is 36.6 Å². The van der Waals surface area contributed by atoms with Crippen molar-refractivity contribution in [2.75, 3.05) is 37.6 Å². The van der Waals surface area contributed by atoms with E-state index in [-0.39, 0.29) is 11.9 Å². The predicted molar refractivity (Wildman–Crippen MR) is 104 cm³/mol. The van der Waals surface area contributed by atoms with Crippen LogP contribution in [0.2, 0.25) is 0 Å². The van der Waals surface area contributed by atoms with Crippen LogP contribution in [0.5, 0.6) is 0 Å². The lowest BCUT2D eigenvalue weighted by Gasteiger charge is -2.34. The van der Waals surface area contributed by atoms with Crippen LogP contribution in [0.25, 0.3) is 11.1 Å². The van der Waals surface area contributed by atoms with Crippen molar-refractivity contribution in [2.45, 2.75) is 26.1 Å². The van der Waals surface area contributed by atoms with Crippen molar-refractivity contribution in [1.29, 1.82) is 0 Å². The summed E-state index contributed by atoms with van der Waals surface area (Å²) in [4.78, 5) is 16.1. The van der Waals surface area contributed by atoms with Crippen molar-refractivity contribution < 1.29 is 18.0 Å². The van der Waals surface area contributed by atoms with Crippen LogP contribution in [0.3, 0.4) is 0 Å². The van der Waals surface area contributed by atoms with Gasteiger partial charge in [0.15, 0.2) is 5.82 Å². The highest BCUT2D eigenvalue weighted by Crippen LogP contribution is 2.31. The maximum atomic E-state index is 12.7. The first-order chi connectivity index (χ1) is 13.7. The number of nitrogens with zero attached hydrogens (tertiary/aromatic N) is 4. The molecule has 9 heteroatoms. The van der Waals surface area contributed by atoms with Crippen molar-refractivity contribution in [3.8, 4) is 11.1 Å². The van der Waals surface area contributed by atoms with Gasteiger partial charge in [-0.2, -0.15) is 18.3 Å². The molecule has 0 bridgehead atoms. The van der Waals surface area contributed by atoms with Gasteiger partial charge in [0.2, 0.25) is 5.91 Å². The molecule has 1 aromatic carbocycles. The average molecular weight is 407 g/mol. The molecule has 6 nitrogen and oxygen atoms in total. The van der Waals surface area contributed by atoms with Crippen LogP contribution in [0, 0.1) is 0 Å². The Hall–Kier alpha value is -2.68. The number of carbonyl (C=O) groups is 1. The molecule has 1 aliphatic rings. The smallest absolute Gasteiger partial charge is 0.353 e. The van der Waals surface area contributed by atoms with Crippen LogP contribution in [0.15, 0.2) is 36.5 Å². The number of rotatable bonds is 5. The molecule has 0 saturated carbocycles. The number of anilines is 1. The second-order valence-corrected chi connectivity index (χ2v) is 7.36. The summed E-state index contributed by atoms with van der Waals surface area (Å²) in [5.41, 5.74) is 0.682. The van der Waals surface area contributed by atoms with E-state index in [1.165, 1.54) is 12.1 Å². The number of piperazine rings is 1. The van der Waals surface area contributed by atoms with Gasteiger partial charge in [-0.3, -0.25) is 9.69 Å². The Kier molecular flexibility index (Phi) is 6.36. The van der Waals surface area contributed by atoms with Crippen LogP contribution in [0.1, 0.15) is 19.4 Å². The molecular weight excluding hydrogens is 383 g/mol. The van der Waals surface area contributed by atoms with Crippen molar-refractivity contribution in [3.63, 3.8) is 0 Å². The number of benzene rings is 1. The summed E-state index contributed by atoms with van der Waals surface area (Å²) >= 11 is 0. The van der Waals surface area contributed by atoms with Crippen LogP contribution in [-0.2, 0) is 11.0 Å². The van der Waals surface area contributed by atoms with E-state index in [9.17, 15) is 18.0 Å². The number of nitrogens with one attached hydrogen (secondary N) is 1. The molecule has 0 unspecified atom stereocenters. The summed E-state index contributed by atoms with van der Waals surface area (Å²) in [6, 6.07) is 6.96. The molecule has 156 valence electrons. The third-order valence-corrected chi connectivity index (χ3v) is 4.70. The van der Waals surface area contributed by atoms with E-state index in [1.807, 2.05) is 19.9 Å². The number of amides is 1. The van der Waals surface area contributed by atoms with Gasteiger partial charge in [0.1, 0.15) is 0 Å². The lowest BCUT2D eigenvalue weighted by Crippen LogP contribution is -2.50.